The normalized spacial score (nSPS) is 18.4. The van der Waals surface area contributed by atoms with Gasteiger partial charge in [-0.25, -0.2) is 9.37 Å². The van der Waals surface area contributed by atoms with Crippen LogP contribution in [0.2, 0.25) is 5.02 Å². The highest BCUT2D eigenvalue weighted by atomic mass is 35.5. The number of hydrogen-bond acceptors (Lipinski definition) is 6. The Balaban J connectivity index is 1.35. The maximum Gasteiger partial charge on any atom is 0.389 e. The van der Waals surface area contributed by atoms with E-state index >= 15 is 0 Å². The van der Waals surface area contributed by atoms with Gasteiger partial charge in [-0.15, -0.1) is 0 Å². The minimum absolute atomic E-state index is 0.122. The largest absolute Gasteiger partial charge is 0.489 e. The third kappa shape index (κ3) is 6.28. The van der Waals surface area contributed by atoms with Crippen LogP contribution in [0.25, 0.3) is 22.2 Å². The Bertz CT molecular complexity index is 1830. The van der Waals surface area contributed by atoms with Crippen molar-refractivity contribution in [3.63, 3.8) is 0 Å². The van der Waals surface area contributed by atoms with Crippen molar-refractivity contribution >= 4 is 34.3 Å². The molecule has 1 aliphatic carbocycles. The summed E-state index contributed by atoms with van der Waals surface area (Å²) in [5.41, 5.74) is 7.22. The Morgan fingerprint density at radius 2 is 1.91 bits per heavy atom. The smallest absolute Gasteiger partial charge is 0.389 e. The molecule has 2 aliphatic rings. The van der Waals surface area contributed by atoms with E-state index < -0.39 is 48.0 Å². The summed E-state index contributed by atoms with van der Waals surface area (Å²) in [5.74, 6) is -2.23. The van der Waals surface area contributed by atoms with Crippen LogP contribution in [0.15, 0.2) is 48.5 Å². The number of halogens is 5. The highest BCUT2D eigenvalue weighted by Crippen LogP contribution is 2.46. The molecule has 45 heavy (non-hydrogen) atoms. The van der Waals surface area contributed by atoms with E-state index in [4.69, 9.17) is 22.1 Å². The van der Waals surface area contributed by atoms with Gasteiger partial charge in [-0.05, 0) is 74.7 Å². The molecule has 0 bridgehead atoms. The minimum atomic E-state index is -4.48. The molecule has 4 aromatic rings. The van der Waals surface area contributed by atoms with E-state index in [2.05, 4.69) is 20.5 Å². The second kappa shape index (κ2) is 11.6. The number of aromatic nitrogens is 3. The average molecular weight is 642 g/mol. The van der Waals surface area contributed by atoms with Gasteiger partial charge in [0, 0.05) is 52.6 Å². The fraction of sp³-hybridized carbons (Fsp3) is 0.344. The first-order valence-electron chi connectivity index (χ1n) is 14.4. The van der Waals surface area contributed by atoms with Gasteiger partial charge in [0.15, 0.2) is 0 Å². The van der Waals surface area contributed by atoms with E-state index in [1.54, 1.807) is 25.1 Å². The summed E-state index contributed by atoms with van der Waals surface area (Å²) >= 11 is 6.03. The molecule has 2 aromatic heterocycles. The van der Waals surface area contributed by atoms with Crippen LogP contribution in [-0.4, -0.2) is 46.3 Å². The van der Waals surface area contributed by atoms with E-state index in [0.29, 0.717) is 28.1 Å². The van der Waals surface area contributed by atoms with Crippen LogP contribution in [0.3, 0.4) is 0 Å². The molecule has 0 spiro atoms. The van der Waals surface area contributed by atoms with Crippen LogP contribution >= 0.6 is 11.6 Å². The lowest BCUT2D eigenvalue weighted by atomic mass is 9.82. The zero-order valence-corrected chi connectivity index (χ0v) is 24.8. The van der Waals surface area contributed by atoms with Gasteiger partial charge >= 0.3 is 6.18 Å². The van der Waals surface area contributed by atoms with Crippen LogP contribution in [0.1, 0.15) is 71.8 Å². The highest BCUT2D eigenvalue weighted by Gasteiger charge is 2.44. The molecule has 3 N–H and O–H groups in total. The number of rotatable bonds is 9. The van der Waals surface area contributed by atoms with Crippen LogP contribution in [0, 0.1) is 5.82 Å². The molecule has 1 fully saturated rings. The SMILES string of the molecule is C[C@]1(C(N)=O)COc2c1cc(C(CCC(F)(F)F)CNC(=O)c1ccc3nnc(C4CC4)cc3c1)nc2-c1ccc(F)c(Cl)c1. The maximum absolute atomic E-state index is 14.0. The molecule has 2 atom stereocenters. The summed E-state index contributed by atoms with van der Waals surface area (Å²) in [6.07, 6.45) is -3.96. The van der Waals surface area contributed by atoms with Gasteiger partial charge in [-0.2, -0.15) is 23.4 Å². The van der Waals surface area contributed by atoms with E-state index in [0.717, 1.165) is 30.0 Å². The van der Waals surface area contributed by atoms with E-state index in [1.165, 1.54) is 18.2 Å². The van der Waals surface area contributed by atoms with Gasteiger partial charge < -0.3 is 15.8 Å². The van der Waals surface area contributed by atoms with Crippen molar-refractivity contribution in [1.82, 2.24) is 20.5 Å². The predicted molar refractivity (Wildman–Crippen MR) is 159 cm³/mol. The Hall–Kier alpha value is -4.32. The number of carbonyl (C=O) groups is 2. The predicted octanol–water partition coefficient (Wildman–Crippen LogP) is 6.35. The third-order valence-electron chi connectivity index (χ3n) is 8.39. The first-order chi connectivity index (χ1) is 21.3. The van der Waals surface area contributed by atoms with Crippen molar-refractivity contribution in [2.75, 3.05) is 13.2 Å². The van der Waals surface area contributed by atoms with Crippen molar-refractivity contribution in [2.24, 2.45) is 5.73 Å². The molecule has 3 heterocycles. The topological polar surface area (TPSA) is 120 Å². The standard InChI is InChI=1S/C32H28ClF4N5O3/c1-31(30(38)44)15-45-28-21(31)13-25(40-27(28)17-4-6-23(34)22(33)11-17)19(8-9-32(35,36)37)14-39-29(43)18-5-7-24-20(10-18)12-26(42-41-24)16-2-3-16/h4-7,10-13,16,19H,2-3,8-9,14-15H2,1H3,(H2,38,44)(H,39,43)/t19?,31-/m0/s1. The monoisotopic (exact) mass is 641 g/mol. The van der Waals surface area contributed by atoms with Crippen molar-refractivity contribution in [2.45, 2.75) is 56.0 Å². The first-order valence-corrected chi connectivity index (χ1v) is 14.8. The molecule has 234 valence electrons. The Labute approximate surface area is 260 Å². The number of alkyl halides is 3. The molecule has 0 radical (unpaired) electrons. The summed E-state index contributed by atoms with van der Waals surface area (Å²) in [6.45, 7) is 1.25. The Morgan fingerprint density at radius 1 is 1.13 bits per heavy atom. The maximum atomic E-state index is 14.0. The summed E-state index contributed by atoms with van der Waals surface area (Å²) in [7, 11) is 0. The molecular weight excluding hydrogens is 614 g/mol. The second-order valence-electron chi connectivity index (χ2n) is 11.8. The van der Waals surface area contributed by atoms with Crippen LogP contribution in [0.5, 0.6) is 5.75 Å². The first kappa shape index (κ1) is 30.7. The molecule has 1 unspecified atom stereocenters. The van der Waals surface area contributed by atoms with Gasteiger partial charge in [0.05, 0.1) is 16.2 Å². The number of nitrogens with two attached hydrogens (primary N) is 1. The number of hydrogen-bond donors (Lipinski definition) is 2. The Kier molecular flexibility index (Phi) is 7.88. The van der Waals surface area contributed by atoms with Crippen LogP contribution in [-0.2, 0) is 10.2 Å². The number of carbonyl (C=O) groups excluding carboxylic acids is 2. The van der Waals surface area contributed by atoms with Gasteiger partial charge in [0.25, 0.3) is 5.91 Å². The molecule has 6 rings (SSSR count). The summed E-state index contributed by atoms with van der Waals surface area (Å²) in [5, 5.41) is 11.8. The number of amides is 2. The highest BCUT2D eigenvalue weighted by molar-refractivity contribution is 6.31. The summed E-state index contributed by atoms with van der Waals surface area (Å²) < 4.78 is 60.2. The van der Waals surface area contributed by atoms with Crippen molar-refractivity contribution in [3.8, 4) is 17.0 Å². The molecular formula is C32H28ClF4N5O3. The molecule has 2 amide bonds. The summed E-state index contributed by atoms with van der Waals surface area (Å²) in [4.78, 5) is 30.5. The number of benzene rings is 2. The fourth-order valence-corrected chi connectivity index (χ4v) is 5.63. The number of pyridine rings is 1. The van der Waals surface area contributed by atoms with Crippen molar-refractivity contribution in [1.29, 1.82) is 0 Å². The Morgan fingerprint density at radius 3 is 2.60 bits per heavy atom. The van der Waals surface area contributed by atoms with Gasteiger partial charge in [-0.1, -0.05) is 11.6 Å². The molecule has 0 saturated heterocycles. The van der Waals surface area contributed by atoms with Gasteiger partial charge in [0.1, 0.15) is 29.3 Å². The van der Waals surface area contributed by atoms with Crippen LogP contribution < -0.4 is 15.8 Å². The zero-order chi connectivity index (χ0) is 32.1. The molecule has 1 aliphatic heterocycles. The van der Waals surface area contributed by atoms with E-state index in [1.807, 2.05) is 6.07 Å². The number of primary amides is 1. The van der Waals surface area contributed by atoms with Crippen LogP contribution in [0.4, 0.5) is 17.6 Å². The molecule has 1 saturated carbocycles. The number of fused-ring (bicyclic) bond motifs is 2. The number of ether oxygens (including phenoxy) is 1. The average Bonchev–Trinajstić information content (AvgIpc) is 3.80. The minimum Gasteiger partial charge on any atom is -0.489 e. The molecule has 8 nitrogen and oxygen atoms in total. The number of nitrogens with one attached hydrogen (secondary N) is 1. The van der Waals surface area contributed by atoms with E-state index in [9.17, 15) is 27.2 Å². The van der Waals surface area contributed by atoms with Crippen molar-refractivity contribution < 1.29 is 31.9 Å². The fourth-order valence-electron chi connectivity index (χ4n) is 5.45. The second-order valence-corrected chi connectivity index (χ2v) is 12.2. The third-order valence-corrected chi connectivity index (χ3v) is 8.68. The quantitative estimate of drug-likeness (QED) is 0.206. The van der Waals surface area contributed by atoms with Gasteiger partial charge in [0.2, 0.25) is 5.91 Å². The zero-order valence-electron chi connectivity index (χ0n) is 24.0. The lowest BCUT2D eigenvalue weighted by molar-refractivity contribution is -0.136. The molecule has 2 aromatic carbocycles. The van der Waals surface area contributed by atoms with Crippen molar-refractivity contribution in [3.05, 3.63) is 81.9 Å². The summed E-state index contributed by atoms with van der Waals surface area (Å²) in [6, 6.07) is 12.2. The lowest BCUT2D eigenvalue weighted by Crippen LogP contribution is -2.40. The van der Waals surface area contributed by atoms with Gasteiger partial charge in [-0.3, -0.25) is 9.59 Å². The molecule has 13 heteroatoms. The number of nitrogens with zero attached hydrogens (tertiary/aromatic N) is 3. The van der Waals surface area contributed by atoms with E-state index in [-0.39, 0.29) is 35.3 Å². The lowest BCUT2D eigenvalue weighted by Gasteiger charge is -2.23.